The van der Waals surface area contributed by atoms with Gasteiger partial charge in [0.1, 0.15) is 12.4 Å². The number of carbonyl (C=O) groups excluding carboxylic acids is 1. The fourth-order valence-corrected chi connectivity index (χ4v) is 2.50. The highest BCUT2D eigenvalue weighted by molar-refractivity contribution is 5.86. The van der Waals surface area contributed by atoms with Crippen LogP contribution in [0.25, 0.3) is 10.8 Å². The molecule has 0 aromatic heterocycles. The molecular formula is C20H20N2O3. The molecule has 0 heterocycles. The molecule has 1 amide bonds. The molecule has 3 aromatic rings. The van der Waals surface area contributed by atoms with Gasteiger partial charge in [0.05, 0.1) is 12.3 Å². The number of benzene rings is 3. The molecule has 0 radical (unpaired) electrons. The highest BCUT2D eigenvalue weighted by Gasteiger charge is 2.12. The van der Waals surface area contributed by atoms with Crippen LogP contribution in [0.1, 0.15) is 12.5 Å². The van der Waals surface area contributed by atoms with Gasteiger partial charge in [-0.3, -0.25) is 0 Å². The van der Waals surface area contributed by atoms with Crippen molar-refractivity contribution in [1.82, 2.24) is 0 Å². The van der Waals surface area contributed by atoms with E-state index in [0.29, 0.717) is 18.0 Å². The van der Waals surface area contributed by atoms with Crippen LogP contribution in [-0.2, 0) is 11.3 Å². The summed E-state index contributed by atoms with van der Waals surface area (Å²) < 4.78 is 10.7. The lowest BCUT2D eigenvalue weighted by molar-refractivity contribution is 0.160. The Morgan fingerprint density at radius 3 is 2.44 bits per heavy atom. The van der Waals surface area contributed by atoms with Crippen molar-refractivity contribution in [2.24, 2.45) is 5.84 Å². The Labute approximate surface area is 146 Å². The van der Waals surface area contributed by atoms with Gasteiger partial charge in [0.2, 0.25) is 0 Å². The number of nitrogens with zero attached hydrogens (tertiary/aromatic N) is 1. The molecule has 128 valence electrons. The van der Waals surface area contributed by atoms with E-state index in [2.05, 4.69) is 30.3 Å². The van der Waals surface area contributed by atoms with Crippen molar-refractivity contribution in [3.05, 3.63) is 72.3 Å². The summed E-state index contributed by atoms with van der Waals surface area (Å²) in [5.74, 6) is 6.41. The van der Waals surface area contributed by atoms with Gasteiger partial charge >= 0.3 is 6.09 Å². The van der Waals surface area contributed by atoms with E-state index in [1.54, 1.807) is 31.2 Å². The minimum absolute atomic E-state index is 0.277. The fourth-order valence-electron chi connectivity index (χ4n) is 2.50. The Hall–Kier alpha value is -3.05. The van der Waals surface area contributed by atoms with Crippen LogP contribution in [0, 0.1) is 0 Å². The molecule has 0 fully saturated rings. The van der Waals surface area contributed by atoms with Crippen LogP contribution < -0.4 is 15.6 Å². The van der Waals surface area contributed by atoms with E-state index in [1.165, 1.54) is 10.8 Å². The molecule has 2 N–H and O–H groups in total. The van der Waals surface area contributed by atoms with Crippen molar-refractivity contribution >= 4 is 22.6 Å². The van der Waals surface area contributed by atoms with Gasteiger partial charge in [-0.15, -0.1) is 0 Å². The summed E-state index contributed by atoms with van der Waals surface area (Å²) in [5, 5.41) is 3.36. The Morgan fingerprint density at radius 2 is 1.72 bits per heavy atom. The van der Waals surface area contributed by atoms with Crippen LogP contribution >= 0.6 is 0 Å². The topological polar surface area (TPSA) is 64.8 Å². The van der Waals surface area contributed by atoms with E-state index in [0.717, 1.165) is 10.6 Å². The van der Waals surface area contributed by atoms with Crippen molar-refractivity contribution in [3.8, 4) is 5.75 Å². The number of hydrogen-bond acceptors (Lipinski definition) is 4. The predicted molar refractivity (Wildman–Crippen MR) is 98.4 cm³/mol. The van der Waals surface area contributed by atoms with Crippen LogP contribution in [0.2, 0.25) is 0 Å². The molecule has 0 unspecified atom stereocenters. The molecule has 0 aliphatic heterocycles. The zero-order valence-electron chi connectivity index (χ0n) is 14.0. The summed E-state index contributed by atoms with van der Waals surface area (Å²) in [7, 11) is 0. The molecule has 3 rings (SSSR count). The molecule has 0 aliphatic rings. The summed E-state index contributed by atoms with van der Waals surface area (Å²) in [4.78, 5) is 11.6. The maximum atomic E-state index is 11.6. The third-order valence-corrected chi connectivity index (χ3v) is 3.80. The molecule has 25 heavy (non-hydrogen) atoms. The van der Waals surface area contributed by atoms with E-state index in [-0.39, 0.29) is 6.61 Å². The van der Waals surface area contributed by atoms with Gasteiger partial charge in [0.15, 0.2) is 0 Å². The van der Waals surface area contributed by atoms with Crippen LogP contribution in [0.15, 0.2) is 66.7 Å². The highest BCUT2D eigenvalue weighted by atomic mass is 16.6. The maximum absolute atomic E-state index is 11.6. The number of nitrogens with two attached hydrogens (primary N) is 1. The Bertz CT molecular complexity index is 862. The van der Waals surface area contributed by atoms with E-state index in [1.807, 2.05) is 12.1 Å². The number of ether oxygens (including phenoxy) is 2. The average molecular weight is 336 g/mol. The molecule has 5 nitrogen and oxygen atoms in total. The van der Waals surface area contributed by atoms with Crippen molar-refractivity contribution in [2.45, 2.75) is 13.5 Å². The molecule has 3 aromatic carbocycles. The zero-order valence-corrected chi connectivity index (χ0v) is 14.0. The van der Waals surface area contributed by atoms with Crippen molar-refractivity contribution < 1.29 is 14.3 Å². The van der Waals surface area contributed by atoms with E-state index >= 15 is 0 Å². The van der Waals surface area contributed by atoms with Gasteiger partial charge in [0, 0.05) is 0 Å². The summed E-state index contributed by atoms with van der Waals surface area (Å²) >= 11 is 0. The molecule has 0 saturated heterocycles. The zero-order chi connectivity index (χ0) is 17.6. The first-order chi connectivity index (χ1) is 12.2. The SMILES string of the molecule is CCOC(=O)N(N)c1ccc(OCc2ccc3ccccc3c2)cc1. The van der Waals surface area contributed by atoms with Crippen molar-refractivity contribution in [1.29, 1.82) is 0 Å². The second kappa shape index (κ2) is 7.68. The Kier molecular flexibility index (Phi) is 5.16. The van der Waals surface area contributed by atoms with Crippen molar-refractivity contribution in [2.75, 3.05) is 11.6 Å². The quantitative estimate of drug-likeness (QED) is 0.430. The number of hydrazine groups is 1. The van der Waals surface area contributed by atoms with Gasteiger partial charge in [-0.25, -0.2) is 15.6 Å². The molecular weight excluding hydrogens is 316 g/mol. The second-order valence-corrected chi connectivity index (χ2v) is 5.53. The van der Waals surface area contributed by atoms with Crippen molar-refractivity contribution in [3.63, 3.8) is 0 Å². The molecule has 5 heteroatoms. The lowest BCUT2D eigenvalue weighted by Crippen LogP contribution is -2.37. The van der Waals surface area contributed by atoms with Gasteiger partial charge in [-0.05, 0) is 53.6 Å². The Balaban J connectivity index is 1.63. The smallest absolute Gasteiger partial charge is 0.428 e. The summed E-state index contributed by atoms with van der Waals surface area (Å²) in [6.45, 7) is 2.48. The van der Waals surface area contributed by atoms with Gasteiger partial charge in [-0.1, -0.05) is 36.4 Å². The van der Waals surface area contributed by atoms with Gasteiger partial charge in [-0.2, -0.15) is 0 Å². The summed E-state index contributed by atoms with van der Waals surface area (Å²) in [6, 6.07) is 21.4. The van der Waals surface area contributed by atoms with Gasteiger partial charge in [0.25, 0.3) is 0 Å². The van der Waals surface area contributed by atoms with E-state index in [9.17, 15) is 4.79 Å². The largest absolute Gasteiger partial charge is 0.489 e. The van der Waals surface area contributed by atoms with E-state index in [4.69, 9.17) is 15.3 Å². The normalized spacial score (nSPS) is 10.5. The third-order valence-electron chi connectivity index (χ3n) is 3.80. The lowest BCUT2D eigenvalue weighted by atomic mass is 10.1. The number of rotatable bonds is 5. The van der Waals surface area contributed by atoms with Crippen LogP contribution in [0.4, 0.5) is 10.5 Å². The monoisotopic (exact) mass is 336 g/mol. The Morgan fingerprint density at radius 1 is 1.00 bits per heavy atom. The van der Waals surface area contributed by atoms with Crippen LogP contribution in [0.5, 0.6) is 5.75 Å². The highest BCUT2D eigenvalue weighted by Crippen LogP contribution is 2.21. The molecule has 0 aliphatic carbocycles. The standard InChI is InChI=1S/C20H20N2O3/c1-2-24-20(23)22(21)18-9-11-19(12-10-18)25-14-15-7-8-16-5-3-4-6-17(16)13-15/h3-13H,2,14,21H2,1H3. The molecule has 0 bridgehead atoms. The van der Waals surface area contributed by atoms with Gasteiger partial charge < -0.3 is 9.47 Å². The number of hydrogen-bond donors (Lipinski definition) is 1. The predicted octanol–water partition coefficient (Wildman–Crippen LogP) is 4.26. The molecule has 0 saturated carbocycles. The molecule has 0 atom stereocenters. The minimum Gasteiger partial charge on any atom is -0.489 e. The summed E-state index contributed by atoms with van der Waals surface area (Å²) in [6.07, 6.45) is -0.590. The fraction of sp³-hybridized carbons (Fsp3) is 0.150. The first kappa shape index (κ1) is 16.8. The van der Waals surface area contributed by atoms with Crippen LogP contribution in [-0.4, -0.2) is 12.7 Å². The van der Waals surface area contributed by atoms with E-state index < -0.39 is 6.09 Å². The molecule has 0 spiro atoms. The summed E-state index contributed by atoms with van der Waals surface area (Å²) in [5.41, 5.74) is 1.63. The first-order valence-corrected chi connectivity index (χ1v) is 8.09. The number of anilines is 1. The van der Waals surface area contributed by atoms with Crippen LogP contribution in [0.3, 0.4) is 0 Å². The second-order valence-electron chi connectivity index (χ2n) is 5.53. The first-order valence-electron chi connectivity index (χ1n) is 8.09. The maximum Gasteiger partial charge on any atom is 0.428 e. The minimum atomic E-state index is -0.590. The lowest BCUT2D eigenvalue weighted by Gasteiger charge is -2.16. The number of fused-ring (bicyclic) bond motifs is 1. The third kappa shape index (κ3) is 4.08. The average Bonchev–Trinajstić information content (AvgIpc) is 2.66. The number of carbonyl (C=O) groups is 1. The number of amides is 1.